The summed E-state index contributed by atoms with van der Waals surface area (Å²) in [5.74, 6) is 1.23. The zero-order valence-corrected chi connectivity index (χ0v) is 13.6. The Labute approximate surface area is 134 Å². The fourth-order valence-electron chi connectivity index (χ4n) is 3.22. The summed E-state index contributed by atoms with van der Waals surface area (Å²) in [6.45, 7) is 3.30. The Hall–Kier alpha value is -1.94. The monoisotopic (exact) mass is 309 g/mol. The zero-order chi connectivity index (χ0) is 14.9. The van der Waals surface area contributed by atoms with E-state index in [9.17, 15) is 0 Å². The summed E-state index contributed by atoms with van der Waals surface area (Å²) in [6, 6.07) is 6.50. The molecule has 4 heterocycles. The largest absolute Gasteiger partial charge is 0.327 e. The topological polar surface area (TPSA) is 30.7 Å². The molecule has 1 aliphatic rings. The molecule has 3 aromatic heterocycles. The lowest BCUT2D eigenvalue weighted by Gasteiger charge is -2.07. The predicted octanol–water partition coefficient (Wildman–Crippen LogP) is 4.57. The van der Waals surface area contributed by atoms with E-state index in [0.717, 1.165) is 25.1 Å². The highest BCUT2D eigenvalue weighted by atomic mass is 32.1. The molecule has 1 aliphatic heterocycles. The molecular formula is C18H19N3S. The third-order valence-electron chi connectivity index (χ3n) is 4.21. The lowest BCUT2D eigenvalue weighted by Crippen LogP contribution is -1.96. The maximum Gasteiger partial charge on any atom is 0.110 e. The maximum atomic E-state index is 4.96. The Morgan fingerprint density at radius 2 is 2.14 bits per heavy atom. The van der Waals surface area contributed by atoms with Crippen molar-refractivity contribution in [2.45, 2.75) is 39.2 Å². The molecule has 0 aromatic carbocycles. The number of aryl methyl sites for hydroxylation is 2. The molecule has 3 nitrogen and oxygen atoms in total. The van der Waals surface area contributed by atoms with Gasteiger partial charge in [-0.25, -0.2) is 4.98 Å². The molecule has 22 heavy (non-hydrogen) atoms. The molecule has 0 saturated heterocycles. The van der Waals surface area contributed by atoms with Crippen LogP contribution < -0.4 is 0 Å². The molecule has 0 aliphatic carbocycles. The van der Waals surface area contributed by atoms with Gasteiger partial charge in [0.2, 0.25) is 0 Å². The summed E-state index contributed by atoms with van der Waals surface area (Å²) in [5, 5.41) is 2.28. The van der Waals surface area contributed by atoms with Crippen LogP contribution in [-0.4, -0.2) is 14.5 Å². The normalized spacial score (nSPS) is 13.5. The molecule has 4 heteroatoms. The van der Waals surface area contributed by atoms with Gasteiger partial charge >= 0.3 is 0 Å². The van der Waals surface area contributed by atoms with Crippen molar-refractivity contribution in [3.05, 3.63) is 47.4 Å². The average Bonchev–Trinajstić information content (AvgIpc) is 3.22. The first-order valence-electron chi connectivity index (χ1n) is 7.94. The van der Waals surface area contributed by atoms with Gasteiger partial charge in [-0.2, -0.15) is 0 Å². The zero-order valence-electron chi connectivity index (χ0n) is 12.7. The quantitative estimate of drug-likeness (QED) is 0.706. The number of hydrogen-bond acceptors (Lipinski definition) is 3. The highest BCUT2D eigenvalue weighted by molar-refractivity contribution is 7.13. The van der Waals surface area contributed by atoms with Crippen LogP contribution in [0.25, 0.3) is 21.8 Å². The summed E-state index contributed by atoms with van der Waals surface area (Å²) in [7, 11) is 0. The van der Waals surface area contributed by atoms with Crippen LogP contribution in [0.3, 0.4) is 0 Å². The van der Waals surface area contributed by atoms with E-state index in [1.54, 1.807) is 0 Å². The van der Waals surface area contributed by atoms with Crippen molar-refractivity contribution >= 4 is 11.3 Å². The van der Waals surface area contributed by atoms with Gasteiger partial charge in [-0.3, -0.25) is 4.98 Å². The van der Waals surface area contributed by atoms with Gasteiger partial charge in [0, 0.05) is 30.9 Å². The molecule has 0 atom stereocenters. The predicted molar refractivity (Wildman–Crippen MR) is 91.1 cm³/mol. The third kappa shape index (κ3) is 2.28. The standard InChI is InChI=1S/C18H19N3S/c1-2-4-13-11-15(22-12-13)17-18(14-6-8-19-9-7-14)21-10-3-5-16(21)20-17/h6-9,11-12H,2-5,10H2,1H3. The number of imidazole rings is 1. The van der Waals surface area contributed by atoms with E-state index in [-0.39, 0.29) is 0 Å². The van der Waals surface area contributed by atoms with E-state index < -0.39 is 0 Å². The molecular weight excluding hydrogens is 290 g/mol. The Morgan fingerprint density at radius 3 is 2.95 bits per heavy atom. The molecule has 0 saturated carbocycles. The molecule has 0 N–H and O–H groups in total. The van der Waals surface area contributed by atoms with E-state index in [4.69, 9.17) is 4.98 Å². The van der Waals surface area contributed by atoms with Crippen molar-refractivity contribution in [1.82, 2.24) is 14.5 Å². The van der Waals surface area contributed by atoms with Crippen LogP contribution in [0.15, 0.2) is 36.0 Å². The van der Waals surface area contributed by atoms with Crippen molar-refractivity contribution in [2.24, 2.45) is 0 Å². The number of thiophene rings is 1. The van der Waals surface area contributed by atoms with Crippen LogP contribution in [0.2, 0.25) is 0 Å². The third-order valence-corrected chi connectivity index (χ3v) is 5.19. The minimum Gasteiger partial charge on any atom is -0.327 e. The smallest absolute Gasteiger partial charge is 0.110 e. The minimum absolute atomic E-state index is 1.08. The Bertz CT molecular complexity index is 786. The summed E-state index contributed by atoms with van der Waals surface area (Å²) in [6.07, 6.45) is 8.36. The highest BCUT2D eigenvalue weighted by Crippen LogP contribution is 2.38. The first kappa shape index (κ1) is 13.7. The van der Waals surface area contributed by atoms with Crippen LogP contribution in [0.5, 0.6) is 0 Å². The number of hydrogen-bond donors (Lipinski definition) is 0. The molecule has 0 fully saturated rings. The lowest BCUT2D eigenvalue weighted by molar-refractivity contribution is 0.756. The second kappa shape index (κ2) is 5.69. The summed E-state index contributed by atoms with van der Waals surface area (Å²) >= 11 is 1.82. The molecule has 3 aromatic rings. The van der Waals surface area contributed by atoms with E-state index in [2.05, 4.69) is 40.1 Å². The molecule has 4 rings (SSSR count). The Morgan fingerprint density at radius 1 is 1.27 bits per heavy atom. The van der Waals surface area contributed by atoms with Crippen LogP contribution in [-0.2, 0) is 19.4 Å². The van der Waals surface area contributed by atoms with Crippen LogP contribution in [0.1, 0.15) is 31.2 Å². The van der Waals surface area contributed by atoms with Crippen molar-refractivity contribution in [3.63, 3.8) is 0 Å². The van der Waals surface area contributed by atoms with E-state index >= 15 is 0 Å². The first-order chi connectivity index (χ1) is 10.9. The van der Waals surface area contributed by atoms with Crippen LogP contribution in [0.4, 0.5) is 0 Å². The van der Waals surface area contributed by atoms with Gasteiger partial charge < -0.3 is 4.57 Å². The summed E-state index contributed by atoms with van der Waals surface area (Å²) in [5.41, 5.74) is 5.06. The van der Waals surface area contributed by atoms with Crippen molar-refractivity contribution in [3.8, 4) is 21.8 Å². The fraction of sp³-hybridized carbons (Fsp3) is 0.333. The van der Waals surface area contributed by atoms with Gasteiger partial charge in [-0.15, -0.1) is 11.3 Å². The second-order valence-corrected chi connectivity index (χ2v) is 6.70. The number of aromatic nitrogens is 3. The lowest BCUT2D eigenvalue weighted by atomic mass is 10.1. The van der Waals surface area contributed by atoms with E-state index in [1.807, 2.05) is 23.7 Å². The van der Waals surface area contributed by atoms with Crippen molar-refractivity contribution in [2.75, 3.05) is 0 Å². The number of nitrogens with zero attached hydrogens (tertiary/aromatic N) is 3. The highest BCUT2D eigenvalue weighted by Gasteiger charge is 2.23. The van der Waals surface area contributed by atoms with E-state index in [0.29, 0.717) is 0 Å². The number of fused-ring (bicyclic) bond motifs is 1. The molecule has 0 unspecified atom stereocenters. The van der Waals surface area contributed by atoms with Crippen LogP contribution in [0, 0.1) is 0 Å². The summed E-state index contributed by atoms with van der Waals surface area (Å²) in [4.78, 5) is 10.4. The van der Waals surface area contributed by atoms with Gasteiger partial charge in [-0.05, 0) is 42.0 Å². The second-order valence-electron chi connectivity index (χ2n) is 5.79. The molecule has 0 radical (unpaired) electrons. The first-order valence-corrected chi connectivity index (χ1v) is 8.82. The molecule has 0 bridgehead atoms. The minimum atomic E-state index is 1.08. The van der Waals surface area contributed by atoms with Crippen molar-refractivity contribution < 1.29 is 0 Å². The van der Waals surface area contributed by atoms with Crippen LogP contribution >= 0.6 is 11.3 Å². The fourth-order valence-corrected chi connectivity index (χ4v) is 4.16. The SMILES string of the molecule is CCCc1csc(-c2nc3n(c2-c2ccncc2)CCC3)c1. The van der Waals surface area contributed by atoms with Gasteiger partial charge in [0.1, 0.15) is 11.5 Å². The van der Waals surface area contributed by atoms with E-state index in [1.165, 1.54) is 40.4 Å². The molecule has 112 valence electrons. The van der Waals surface area contributed by atoms with Gasteiger partial charge in [0.15, 0.2) is 0 Å². The Kier molecular flexibility index (Phi) is 3.54. The summed E-state index contributed by atoms with van der Waals surface area (Å²) < 4.78 is 2.39. The average molecular weight is 309 g/mol. The maximum absolute atomic E-state index is 4.96. The van der Waals surface area contributed by atoms with Gasteiger partial charge in [-0.1, -0.05) is 13.3 Å². The number of rotatable bonds is 4. The van der Waals surface area contributed by atoms with Gasteiger partial charge in [0.25, 0.3) is 0 Å². The Balaban J connectivity index is 1.85. The van der Waals surface area contributed by atoms with Crippen molar-refractivity contribution in [1.29, 1.82) is 0 Å². The molecule has 0 spiro atoms. The molecule has 0 amide bonds. The van der Waals surface area contributed by atoms with Gasteiger partial charge in [0.05, 0.1) is 10.6 Å². The number of pyridine rings is 1.